The van der Waals surface area contributed by atoms with E-state index in [1.54, 1.807) is 5.32 Å². The Hall–Kier alpha value is -2.58. The number of halogens is 4. The zero-order valence-electron chi connectivity index (χ0n) is 10.5. The van der Waals surface area contributed by atoms with Gasteiger partial charge in [-0.05, 0) is 0 Å². The van der Waals surface area contributed by atoms with Crippen LogP contribution >= 0.6 is 0 Å². The minimum absolute atomic E-state index is 0.000325. The van der Waals surface area contributed by atoms with E-state index >= 15 is 0 Å². The minimum Gasteiger partial charge on any atom is -0.477 e. The van der Waals surface area contributed by atoms with Crippen LogP contribution in [0.4, 0.5) is 22.4 Å². The third kappa shape index (κ3) is 4.48. The Morgan fingerprint density at radius 1 is 1.19 bits per heavy atom. The fourth-order valence-electron chi connectivity index (χ4n) is 1.19. The largest absolute Gasteiger partial charge is 0.477 e. The molecule has 0 radical (unpaired) electrons. The molecule has 0 saturated carbocycles. The highest BCUT2D eigenvalue weighted by Crippen LogP contribution is 2.26. The minimum atomic E-state index is -1.78. The van der Waals surface area contributed by atoms with Crippen molar-refractivity contribution in [2.45, 2.75) is 0 Å². The van der Waals surface area contributed by atoms with Crippen LogP contribution in [0.2, 0.25) is 0 Å². The molecule has 0 heterocycles. The van der Waals surface area contributed by atoms with Crippen molar-refractivity contribution < 1.29 is 31.9 Å². The molecule has 0 aromatic heterocycles. The van der Waals surface area contributed by atoms with Gasteiger partial charge in [0.05, 0.1) is 0 Å². The smallest absolute Gasteiger partial charge is 0.321 e. The summed E-state index contributed by atoms with van der Waals surface area (Å²) in [5.74, 6) is -9.36. The third-order valence-electron chi connectivity index (χ3n) is 2.08. The third-order valence-corrected chi connectivity index (χ3v) is 2.08. The molecule has 0 bridgehead atoms. The predicted molar refractivity (Wildman–Crippen MR) is 63.5 cm³/mol. The first-order chi connectivity index (χ1) is 9.86. The molecule has 1 aromatic carbocycles. The van der Waals surface area contributed by atoms with Gasteiger partial charge in [0, 0.05) is 12.6 Å². The van der Waals surface area contributed by atoms with Crippen molar-refractivity contribution in [3.8, 4) is 5.75 Å². The van der Waals surface area contributed by atoms with Crippen LogP contribution in [-0.4, -0.2) is 25.1 Å². The summed E-state index contributed by atoms with van der Waals surface area (Å²) < 4.78 is 56.5. The molecule has 0 atom stereocenters. The lowest BCUT2D eigenvalue weighted by Crippen LogP contribution is -2.41. The highest BCUT2D eigenvalue weighted by molar-refractivity contribution is 5.95. The van der Waals surface area contributed by atoms with Gasteiger partial charge < -0.3 is 10.1 Å². The maximum absolute atomic E-state index is 13.2. The van der Waals surface area contributed by atoms with Crippen molar-refractivity contribution >= 4 is 11.9 Å². The Morgan fingerprint density at radius 3 is 2.29 bits per heavy atom. The van der Waals surface area contributed by atoms with Crippen molar-refractivity contribution in [3.63, 3.8) is 0 Å². The van der Waals surface area contributed by atoms with E-state index in [9.17, 15) is 27.2 Å². The van der Waals surface area contributed by atoms with E-state index in [1.165, 1.54) is 6.08 Å². The summed E-state index contributed by atoms with van der Waals surface area (Å²) >= 11 is 0. The Bertz CT molecular complexity index is 552. The van der Waals surface area contributed by atoms with Crippen LogP contribution in [0.3, 0.4) is 0 Å². The Kier molecular flexibility index (Phi) is 5.70. The summed E-state index contributed by atoms with van der Waals surface area (Å²) in [5, 5.41) is 3.95. The molecule has 9 heteroatoms. The second kappa shape index (κ2) is 7.27. The second-order valence-corrected chi connectivity index (χ2v) is 3.63. The summed E-state index contributed by atoms with van der Waals surface area (Å²) in [7, 11) is 0. The normalized spacial score (nSPS) is 9.90. The summed E-state index contributed by atoms with van der Waals surface area (Å²) in [4.78, 5) is 22.3. The fraction of sp³-hybridized carbons (Fsp3) is 0.167. The van der Waals surface area contributed by atoms with Crippen LogP contribution < -0.4 is 15.4 Å². The van der Waals surface area contributed by atoms with Crippen LogP contribution in [0.5, 0.6) is 5.75 Å². The number of carbonyl (C=O) groups is 2. The lowest BCUT2D eigenvalue weighted by molar-refractivity contribution is -0.122. The average molecular weight is 306 g/mol. The molecule has 0 fully saturated rings. The molecular formula is C12H10F4N2O3. The standard InChI is InChI=1S/C12H10F4N2O3/c1-2-3-17-12(20)18-8(19)5-21-11-9(15)6(13)4-7(14)10(11)16/h2,4H,1,3,5H2,(H2,17,18,19,20). The monoisotopic (exact) mass is 306 g/mol. The number of urea groups is 1. The number of nitrogens with one attached hydrogen (secondary N) is 2. The summed E-state index contributed by atoms with van der Waals surface area (Å²) in [6.07, 6.45) is 1.35. The molecule has 5 nitrogen and oxygen atoms in total. The molecule has 21 heavy (non-hydrogen) atoms. The number of benzene rings is 1. The van der Waals surface area contributed by atoms with E-state index in [4.69, 9.17) is 0 Å². The topological polar surface area (TPSA) is 67.4 Å². The first kappa shape index (κ1) is 16.5. The van der Waals surface area contributed by atoms with Crippen LogP contribution in [0.15, 0.2) is 18.7 Å². The molecule has 0 saturated heterocycles. The molecule has 3 amide bonds. The zero-order valence-corrected chi connectivity index (χ0v) is 10.5. The van der Waals surface area contributed by atoms with Crippen molar-refractivity contribution in [3.05, 3.63) is 42.0 Å². The molecule has 0 spiro atoms. The first-order valence-electron chi connectivity index (χ1n) is 5.51. The second-order valence-electron chi connectivity index (χ2n) is 3.63. The van der Waals surface area contributed by atoms with E-state index in [0.717, 1.165) is 0 Å². The van der Waals surface area contributed by atoms with Gasteiger partial charge in [-0.25, -0.2) is 13.6 Å². The van der Waals surface area contributed by atoms with Crippen LogP contribution in [0.1, 0.15) is 0 Å². The van der Waals surface area contributed by atoms with E-state index in [-0.39, 0.29) is 12.6 Å². The SMILES string of the molecule is C=CCNC(=O)NC(=O)COc1c(F)c(F)cc(F)c1F. The van der Waals surface area contributed by atoms with Crippen LogP contribution in [0.25, 0.3) is 0 Å². The predicted octanol–water partition coefficient (Wildman–Crippen LogP) is 1.63. The summed E-state index contributed by atoms with van der Waals surface area (Å²) in [6, 6.07) is -0.893. The lowest BCUT2D eigenvalue weighted by Gasteiger charge is -2.09. The maximum atomic E-state index is 13.2. The van der Waals surface area contributed by atoms with Crippen molar-refractivity contribution in [2.24, 2.45) is 0 Å². The average Bonchev–Trinajstić information content (AvgIpc) is 2.43. The summed E-state index contributed by atoms with van der Waals surface area (Å²) in [5.41, 5.74) is 0. The first-order valence-corrected chi connectivity index (χ1v) is 5.51. The van der Waals surface area contributed by atoms with Crippen LogP contribution in [-0.2, 0) is 4.79 Å². The zero-order chi connectivity index (χ0) is 16.0. The van der Waals surface area contributed by atoms with Gasteiger partial charge in [-0.15, -0.1) is 6.58 Å². The molecule has 0 aliphatic carbocycles. The molecule has 114 valence electrons. The van der Waals surface area contributed by atoms with Crippen molar-refractivity contribution in [2.75, 3.05) is 13.2 Å². The highest BCUT2D eigenvalue weighted by atomic mass is 19.2. The molecule has 0 aliphatic heterocycles. The lowest BCUT2D eigenvalue weighted by atomic mass is 10.3. The van der Waals surface area contributed by atoms with Gasteiger partial charge in [-0.3, -0.25) is 10.1 Å². The van der Waals surface area contributed by atoms with Gasteiger partial charge in [0.2, 0.25) is 11.6 Å². The van der Waals surface area contributed by atoms with Crippen molar-refractivity contribution in [1.29, 1.82) is 0 Å². The number of rotatable bonds is 5. The molecule has 0 unspecified atom stereocenters. The number of ether oxygens (including phenoxy) is 1. The molecular weight excluding hydrogens is 296 g/mol. The molecule has 1 aromatic rings. The fourth-order valence-corrected chi connectivity index (χ4v) is 1.19. The van der Waals surface area contributed by atoms with Gasteiger partial charge in [0.15, 0.2) is 24.0 Å². The Morgan fingerprint density at radius 2 is 1.76 bits per heavy atom. The number of amides is 3. The number of carbonyl (C=O) groups excluding carboxylic acids is 2. The van der Waals surface area contributed by atoms with E-state index in [1.807, 2.05) is 0 Å². The van der Waals surface area contributed by atoms with Gasteiger partial charge in [0.1, 0.15) is 0 Å². The summed E-state index contributed by atoms with van der Waals surface area (Å²) in [6.45, 7) is 2.38. The highest BCUT2D eigenvalue weighted by Gasteiger charge is 2.21. The maximum Gasteiger partial charge on any atom is 0.321 e. The molecule has 2 N–H and O–H groups in total. The van der Waals surface area contributed by atoms with Gasteiger partial charge in [0.25, 0.3) is 5.91 Å². The molecule has 1 rings (SSSR count). The number of imide groups is 1. The van der Waals surface area contributed by atoms with E-state index < -0.39 is 47.6 Å². The van der Waals surface area contributed by atoms with E-state index in [0.29, 0.717) is 0 Å². The van der Waals surface area contributed by atoms with Gasteiger partial charge >= 0.3 is 6.03 Å². The Balaban J connectivity index is 2.65. The molecule has 0 aliphatic rings. The van der Waals surface area contributed by atoms with Crippen molar-refractivity contribution in [1.82, 2.24) is 10.6 Å². The Labute approximate surface area is 116 Å². The van der Waals surface area contributed by atoms with E-state index in [2.05, 4.69) is 16.6 Å². The van der Waals surface area contributed by atoms with Gasteiger partial charge in [-0.1, -0.05) is 6.08 Å². The van der Waals surface area contributed by atoms with Crippen LogP contribution in [0, 0.1) is 23.3 Å². The number of hydrogen-bond donors (Lipinski definition) is 2. The number of hydrogen-bond acceptors (Lipinski definition) is 3. The van der Waals surface area contributed by atoms with Gasteiger partial charge in [-0.2, -0.15) is 8.78 Å². The quantitative estimate of drug-likeness (QED) is 0.494.